The van der Waals surface area contributed by atoms with Gasteiger partial charge in [-0.3, -0.25) is 19.2 Å². The third kappa shape index (κ3) is 5.29. The van der Waals surface area contributed by atoms with Crippen LogP contribution in [0.15, 0.2) is 59.7 Å². The summed E-state index contributed by atoms with van der Waals surface area (Å²) >= 11 is 0. The molecule has 0 aromatic heterocycles. The molecule has 0 saturated carbocycles. The first-order valence-electron chi connectivity index (χ1n) is 14.1. The quantitative estimate of drug-likeness (QED) is 0.148. The summed E-state index contributed by atoms with van der Waals surface area (Å²) in [5.41, 5.74) is 3.39. The fourth-order valence-electron chi connectivity index (χ4n) is 6.32. The zero-order valence-corrected chi connectivity index (χ0v) is 24.1. The Balaban J connectivity index is 1.64. The number of carbonyl (C=O) groups excluding carboxylic acids is 2. The number of rotatable bonds is 6. The predicted octanol–water partition coefficient (Wildman–Crippen LogP) is 6.53. The summed E-state index contributed by atoms with van der Waals surface area (Å²) in [5.74, 6) is -6.26. The Morgan fingerprint density at radius 3 is 1.36 bits per heavy atom. The van der Waals surface area contributed by atoms with Crippen LogP contribution in [0, 0.1) is 37.5 Å². The number of carboxylic acids is 2. The van der Waals surface area contributed by atoms with Gasteiger partial charge in [-0.05, 0) is 64.5 Å². The molecular weight excluding hydrogens is 536 g/mol. The Bertz CT molecular complexity index is 1570. The molecular formula is C34H34O8. The number of fused-ring (bicyclic) bond motifs is 2. The summed E-state index contributed by atoms with van der Waals surface area (Å²) < 4.78 is 12.2. The van der Waals surface area contributed by atoms with Crippen LogP contribution in [-0.4, -0.2) is 34.1 Å². The normalized spacial score (nSPS) is 22.3. The molecule has 0 heterocycles. The van der Waals surface area contributed by atoms with Gasteiger partial charge in [-0.25, -0.2) is 0 Å². The topological polar surface area (TPSA) is 127 Å². The average molecular weight is 571 g/mol. The van der Waals surface area contributed by atoms with E-state index in [4.69, 9.17) is 9.47 Å². The minimum atomic E-state index is -1.04. The lowest BCUT2D eigenvalue weighted by atomic mass is 9.80. The van der Waals surface area contributed by atoms with Crippen molar-refractivity contribution in [2.45, 2.75) is 53.4 Å². The lowest BCUT2D eigenvalue weighted by Gasteiger charge is -2.27. The highest BCUT2D eigenvalue weighted by molar-refractivity contribution is 6.14. The second kappa shape index (κ2) is 11.4. The van der Waals surface area contributed by atoms with E-state index in [1.807, 2.05) is 64.1 Å². The highest BCUT2D eigenvalue weighted by Crippen LogP contribution is 2.46. The van der Waals surface area contributed by atoms with Crippen LogP contribution in [0.3, 0.4) is 0 Å². The SMILES string of the molecule is CC1=CCC(C(=O)Oc2c3cccc(C)c3c(OC(=O)C3CC=C(C)CC3C(=O)O)c3cccc(C)c23)C(C(=O)O)C1. The molecule has 0 saturated heterocycles. The number of ether oxygens (including phenoxy) is 2. The number of benzene rings is 3. The molecule has 0 fully saturated rings. The Morgan fingerprint density at radius 2 is 1.00 bits per heavy atom. The second-order valence-electron chi connectivity index (χ2n) is 11.6. The summed E-state index contributed by atoms with van der Waals surface area (Å²) in [6, 6.07) is 10.9. The highest BCUT2D eigenvalue weighted by atomic mass is 16.5. The third-order valence-electron chi connectivity index (χ3n) is 8.63. The van der Waals surface area contributed by atoms with E-state index < -0.39 is 47.5 Å². The molecule has 2 aliphatic carbocycles. The maximum absolute atomic E-state index is 13.6. The van der Waals surface area contributed by atoms with Crippen molar-refractivity contribution in [3.05, 3.63) is 70.8 Å². The van der Waals surface area contributed by atoms with Crippen molar-refractivity contribution < 1.29 is 38.9 Å². The lowest BCUT2D eigenvalue weighted by Crippen LogP contribution is -2.35. The van der Waals surface area contributed by atoms with E-state index in [1.54, 1.807) is 12.1 Å². The molecule has 4 unspecified atom stereocenters. The van der Waals surface area contributed by atoms with Gasteiger partial charge in [0.1, 0.15) is 11.5 Å². The monoisotopic (exact) mass is 570 g/mol. The molecule has 2 aliphatic rings. The number of carbonyl (C=O) groups is 4. The molecule has 3 aromatic rings. The van der Waals surface area contributed by atoms with Gasteiger partial charge in [0.05, 0.1) is 23.7 Å². The van der Waals surface area contributed by atoms with Crippen LogP contribution in [0.2, 0.25) is 0 Å². The van der Waals surface area contributed by atoms with Crippen molar-refractivity contribution in [1.82, 2.24) is 0 Å². The molecule has 4 atom stereocenters. The lowest BCUT2D eigenvalue weighted by molar-refractivity contribution is -0.152. The van der Waals surface area contributed by atoms with Crippen molar-refractivity contribution in [3.63, 3.8) is 0 Å². The minimum Gasteiger partial charge on any atom is -0.481 e. The van der Waals surface area contributed by atoms with Gasteiger partial charge in [-0.15, -0.1) is 0 Å². The molecule has 0 bridgehead atoms. The molecule has 2 N–H and O–H groups in total. The standard InChI is InChI=1S/C34H34O8/c1-17-11-13-21(25(15-17)31(35)36)33(39)41-29-23-9-5-8-20(4)28(23)30(24-10-6-7-19(3)27(24)29)42-34(40)22-14-12-18(2)16-26(22)32(37)38/h5-12,21-22,25-26H,13-16H2,1-4H3,(H,35,36)(H,37,38). The van der Waals surface area contributed by atoms with Crippen LogP contribution in [0.1, 0.15) is 50.7 Å². The van der Waals surface area contributed by atoms with E-state index in [0.29, 0.717) is 21.5 Å². The molecule has 3 aromatic carbocycles. The van der Waals surface area contributed by atoms with Crippen molar-refractivity contribution in [2.24, 2.45) is 23.7 Å². The molecule has 42 heavy (non-hydrogen) atoms. The smallest absolute Gasteiger partial charge is 0.315 e. The largest absolute Gasteiger partial charge is 0.481 e. The van der Waals surface area contributed by atoms with Crippen molar-refractivity contribution >= 4 is 45.4 Å². The van der Waals surface area contributed by atoms with Crippen LogP contribution < -0.4 is 9.47 Å². The van der Waals surface area contributed by atoms with Gasteiger partial charge < -0.3 is 19.7 Å². The first kappa shape index (κ1) is 29.0. The number of aryl methyl sites for hydroxylation is 2. The van der Waals surface area contributed by atoms with Crippen LogP contribution in [0.5, 0.6) is 11.5 Å². The van der Waals surface area contributed by atoms with Gasteiger partial charge in [-0.1, -0.05) is 59.7 Å². The van der Waals surface area contributed by atoms with E-state index >= 15 is 0 Å². The summed E-state index contributed by atoms with van der Waals surface area (Å²) in [6.07, 6.45) is 4.85. The maximum atomic E-state index is 13.6. The molecule has 0 spiro atoms. The highest BCUT2D eigenvalue weighted by Gasteiger charge is 2.39. The van der Waals surface area contributed by atoms with E-state index in [-0.39, 0.29) is 37.2 Å². The molecule has 5 rings (SSSR count). The summed E-state index contributed by atoms with van der Waals surface area (Å²) in [4.78, 5) is 51.3. The van der Waals surface area contributed by atoms with Gasteiger partial charge in [-0.2, -0.15) is 0 Å². The van der Waals surface area contributed by atoms with Crippen molar-refractivity contribution in [1.29, 1.82) is 0 Å². The van der Waals surface area contributed by atoms with E-state index in [9.17, 15) is 29.4 Å². The van der Waals surface area contributed by atoms with Crippen LogP contribution >= 0.6 is 0 Å². The van der Waals surface area contributed by atoms with Gasteiger partial charge in [0.25, 0.3) is 0 Å². The van der Waals surface area contributed by atoms with Gasteiger partial charge in [0.2, 0.25) is 0 Å². The first-order valence-corrected chi connectivity index (χ1v) is 14.1. The minimum absolute atomic E-state index is 0.269. The van der Waals surface area contributed by atoms with E-state index in [1.165, 1.54) is 0 Å². The van der Waals surface area contributed by atoms with E-state index in [2.05, 4.69) is 0 Å². The molecule has 0 aliphatic heterocycles. The fourth-order valence-corrected chi connectivity index (χ4v) is 6.32. The zero-order valence-electron chi connectivity index (χ0n) is 24.1. The molecule has 8 heteroatoms. The molecule has 8 nitrogen and oxygen atoms in total. The number of aliphatic carboxylic acids is 2. The third-order valence-corrected chi connectivity index (χ3v) is 8.63. The maximum Gasteiger partial charge on any atom is 0.315 e. The number of hydrogen-bond acceptors (Lipinski definition) is 6. The van der Waals surface area contributed by atoms with Crippen molar-refractivity contribution in [3.8, 4) is 11.5 Å². The van der Waals surface area contributed by atoms with Gasteiger partial charge >= 0.3 is 23.9 Å². The fraction of sp³-hybridized carbons (Fsp3) is 0.353. The Labute approximate surface area is 243 Å². The predicted molar refractivity (Wildman–Crippen MR) is 157 cm³/mol. The number of hydrogen-bond donors (Lipinski definition) is 2. The number of allylic oxidation sites excluding steroid dienone is 4. The second-order valence-corrected chi connectivity index (χ2v) is 11.6. The Kier molecular flexibility index (Phi) is 7.91. The molecule has 218 valence electrons. The molecule has 0 amide bonds. The number of carboxylic acid groups (broad SMARTS) is 2. The zero-order chi connectivity index (χ0) is 30.3. The number of esters is 2. The van der Waals surface area contributed by atoms with Crippen LogP contribution in [0.4, 0.5) is 0 Å². The summed E-state index contributed by atoms with van der Waals surface area (Å²) in [6.45, 7) is 7.42. The first-order chi connectivity index (χ1) is 20.0. The van der Waals surface area contributed by atoms with Gasteiger partial charge in [0, 0.05) is 21.5 Å². The average Bonchev–Trinajstić information content (AvgIpc) is 2.94. The van der Waals surface area contributed by atoms with Crippen LogP contribution in [0.25, 0.3) is 21.5 Å². The molecule has 0 radical (unpaired) electrons. The summed E-state index contributed by atoms with van der Waals surface area (Å²) in [7, 11) is 0. The Morgan fingerprint density at radius 1 is 0.619 bits per heavy atom. The van der Waals surface area contributed by atoms with E-state index in [0.717, 1.165) is 22.3 Å². The van der Waals surface area contributed by atoms with Gasteiger partial charge in [0.15, 0.2) is 0 Å². The van der Waals surface area contributed by atoms with Crippen molar-refractivity contribution in [2.75, 3.05) is 0 Å². The summed E-state index contributed by atoms with van der Waals surface area (Å²) in [5, 5.41) is 21.9. The van der Waals surface area contributed by atoms with Crippen LogP contribution in [-0.2, 0) is 19.2 Å². The Hall–Kier alpha value is -4.46.